The molecule has 0 atom stereocenters. The summed E-state index contributed by atoms with van der Waals surface area (Å²) >= 11 is 0. The summed E-state index contributed by atoms with van der Waals surface area (Å²) in [6.45, 7) is 16.2. The van der Waals surface area contributed by atoms with Crippen LogP contribution in [-0.4, -0.2) is 0 Å². The van der Waals surface area contributed by atoms with E-state index < -0.39 is 0 Å². The minimum absolute atomic E-state index is 1.27. The highest BCUT2D eigenvalue weighted by Gasteiger charge is 2.02. The van der Waals surface area contributed by atoms with Crippen LogP contribution in [0.2, 0.25) is 0 Å². The molecule has 0 radical (unpaired) electrons. The van der Waals surface area contributed by atoms with Crippen LogP contribution >= 0.6 is 0 Å². The zero-order chi connectivity index (χ0) is 24.2. The Bertz CT molecular complexity index is 866. The predicted octanol–water partition coefficient (Wildman–Crippen LogP) is 10.4. The van der Waals surface area contributed by atoms with Crippen LogP contribution in [0, 0.1) is 13.8 Å². The van der Waals surface area contributed by atoms with Crippen LogP contribution in [0.25, 0.3) is 22.3 Å². The van der Waals surface area contributed by atoms with Gasteiger partial charge >= 0.3 is 0 Å². The standard InChI is InChI=1S/C19H16.C7H8.3C2H6/c1-15-12-18(16-8-4-2-5-9-16)14-19(13-15)17-10-6-3-7-11-17;1-7-5-3-2-4-6-7;3*1-2/h2-14H,1H3;2-6H,1H3;3*1-2H3. The van der Waals surface area contributed by atoms with Crippen LogP contribution in [0.5, 0.6) is 0 Å². The molecule has 0 unspecified atom stereocenters. The normalized spacial score (nSPS) is 8.62. The summed E-state index contributed by atoms with van der Waals surface area (Å²) < 4.78 is 0. The van der Waals surface area contributed by atoms with Crippen molar-refractivity contribution in [3.8, 4) is 22.3 Å². The van der Waals surface area contributed by atoms with Crippen molar-refractivity contribution in [2.24, 2.45) is 0 Å². The molecule has 0 bridgehead atoms. The second kappa shape index (κ2) is 18.6. The third-order valence-corrected chi connectivity index (χ3v) is 4.23. The molecule has 0 saturated heterocycles. The average Bonchev–Trinajstić information content (AvgIpc) is 2.89. The van der Waals surface area contributed by atoms with Crippen molar-refractivity contribution in [2.45, 2.75) is 55.4 Å². The minimum atomic E-state index is 1.27. The lowest BCUT2D eigenvalue weighted by molar-refractivity contribution is 1.46. The second-order valence-corrected chi connectivity index (χ2v) is 6.47. The molecule has 0 nitrogen and oxygen atoms in total. The molecule has 0 aliphatic rings. The van der Waals surface area contributed by atoms with Crippen molar-refractivity contribution in [2.75, 3.05) is 0 Å². The Hall–Kier alpha value is -3.12. The van der Waals surface area contributed by atoms with Crippen LogP contribution in [-0.2, 0) is 0 Å². The van der Waals surface area contributed by atoms with Crippen LogP contribution < -0.4 is 0 Å². The van der Waals surface area contributed by atoms with Crippen LogP contribution in [0.15, 0.2) is 109 Å². The summed E-state index contributed by atoms with van der Waals surface area (Å²) in [5.41, 5.74) is 7.70. The van der Waals surface area contributed by atoms with E-state index in [0.717, 1.165) is 0 Å². The van der Waals surface area contributed by atoms with E-state index in [1.165, 1.54) is 33.4 Å². The van der Waals surface area contributed by atoms with Gasteiger partial charge in [0.25, 0.3) is 0 Å². The summed E-state index contributed by atoms with van der Waals surface area (Å²) in [4.78, 5) is 0. The SMILES string of the molecule is CC.CC.CC.Cc1cc(-c2ccccc2)cc(-c2ccccc2)c1.Cc1ccccc1. The number of aryl methyl sites for hydroxylation is 2. The Morgan fingerprint density at radius 1 is 0.312 bits per heavy atom. The molecule has 0 aromatic heterocycles. The van der Waals surface area contributed by atoms with Gasteiger partial charge in [0.15, 0.2) is 0 Å². The smallest absolute Gasteiger partial charge is 0.0175 e. The summed E-state index contributed by atoms with van der Waals surface area (Å²) in [7, 11) is 0. The molecule has 0 amide bonds. The van der Waals surface area contributed by atoms with Gasteiger partial charge in [-0.1, -0.05) is 150 Å². The van der Waals surface area contributed by atoms with Gasteiger partial charge in [-0.15, -0.1) is 0 Å². The first-order chi connectivity index (χ1) is 15.7. The molecule has 4 aromatic rings. The van der Waals surface area contributed by atoms with E-state index in [9.17, 15) is 0 Å². The predicted molar refractivity (Wildman–Crippen MR) is 147 cm³/mol. The first-order valence-corrected chi connectivity index (χ1v) is 12.0. The molecular weight excluding hydrogens is 384 g/mol. The Kier molecular flexibility index (Phi) is 16.8. The molecule has 32 heavy (non-hydrogen) atoms. The van der Waals surface area contributed by atoms with E-state index in [1.807, 2.05) is 59.7 Å². The molecule has 0 heteroatoms. The van der Waals surface area contributed by atoms with Gasteiger partial charge in [-0.05, 0) is 47.7 Å². The van der Waals surface area contributed by atoms with Gasteiger partial charge in [0, 0.05) is 0 Å². The van der Waals surface area contributed by atoms with Crippen molar-refractivity contribution in [3.05, 3.63) is 120 Å². The van der Waals surface area contributed by atoms with Crippen LogP contribution in [0.1, 0.15) is 52.7 Å². The molecule has 0 fully saturated rings. The summed E-state index contributed by atoms with van der Waals surface area (Å²) in [5, 5.41) is 0. The van der Waals surface area contributed by atoms with Crippen LogP contribution in [0.4, 0.5) is 0 Å². The van der Waals surface area contributed by atoms with E-state index >= 15 is 0 Å². The maximum Gasteiger partial charge on any atom is -0.0175 e. The van der Waals surface area contributed by atoms with Crippen molar-refractivity contribution < 1.29 is 0 Å². The maximum atomic E-state index is 2.26. The van der Waals surface area contributed by atoms with Crippen molar-refractivity contribution in [3.63, 3.8) is 0 Å². The van der Waals surface area contributed by atoms with Gasteiger partial charge < -0.3 is 0 Å². The minimum Gasteiger partial charge on any atom is -0.0683 e. The quantitative estimate of drug-likeness (QED) is 0.299. The number of rotatable bonds is 2. The van der Waals surface area contributed by atoms with E-state index in [1.54, 1.807) is 0 Å². The van der Waals surface area contributed by atoms with E-state index in [-0.39, 0.29) is 0 Å². The van der Waals surface area contributed by atoms with Gasteiger partial charge in [0.1, 0.15) is 0 Å². The lowest BCUT2D eigenvalue weighted by atomic mass is 9.97. The van der Waals surface area contributed by atoms with Gasteiger partial charge in [0.05, 0.1) is 0 Å². The van der Waals surface area contributed by atoms with Gasteiger partial charge in [-0.2, -0.15) is 0 Å². The van der Waals surface area contributed by atoms with Crippen molar-refractivity contribution >= 4 is 0 Å². The summed E-state index contributed by atoms with van der Waals surface area (Å²) in [6, 6.07) is 38.1. The zero-order valence-corrected chi connectivity index (χ0v) is 21.4. The molecule has 0 heterocycles. The van der Waals surface area contributed by atoms with Crippen LogP contribution in [0.3, 0.4) is 0 Å². The third kappa shape index (κ3) is 10.8. The fourth-order valence-electron chi connectivity index (χ4n) is 2.91. The molecule has 170 valence electrons. The monoisotopic (exact) mass is 426 g/mol. The molecule has 0 aliphatic carbocycles. The summed E-state index contributed by atoms with van der Waals surface area (Å²) in [6.07, 6.45) is 0. The third-order valence-electron chi connectivity index (χ3n) is 4.23. The Morgan fingerprint density at radius 3 is 0.906 bits per heavy atom. The maximum absolute atomic E-state index is 2.26. The number of hydrogen-bond acceptors (Lipinski definition) is 0. The Labute approximate surface area is 198 Å². The fraction of sp³-hybridized carbons (Fsp3) is 0.250. The molecule has 0 aliphatic heterocycles. The Balaban J connectivity index is 0.000000619. The molecule has 4 aromatic carbocycles. The average molecular weight is 427 g/mol. The second-order valence-electron chi connectivity index (χ2n) is 6.47. The largest absolute Gasteiger partial charge is 0.0683 e. The first kappa shape index (κ1) is 28.9. The Morgan fingerprint density at radius 2 is 0.625 bits per heavy atom. The topological polar surface area (TPSA) is 0 Å². The van der Waals surface area contributed by atoms with Gasteiger partial charge in [0.2, 0.25) is 0 Å². The molecule has 4 rings (SSSR count). The highest BCUT2D eigenvalue weighted by molar-refractivity contribution is 5.74. The molecule has 0 spiro atoms. The zero-order valence-electron chi connectivity index (χ0n) is 21.4. The lowest BCUT2D eigenvalue weighted by Crippen LogP contribution is -1.84. The molecule has 0 saturated carbocycles. The number of hydrogen-bond donors (Lipinski definition) is 0. The van der Waals surface area contributed by atoms with E-state index in [0.29, 0.717) is 0 Å². The van der Waals surface area contributed by atoms with E-state index in [2.05, 4.69) is 105 Å². The van der Waals surface area contributed by atoms with Crippen molar-refractivity contribution in [1.82, 2.24) is 0 Å². The highest BCUT2D eigenvalue weighted by atomic mass is 14.1. The highest BCUT2D eigenvalue weighted by Crippen LogP contribution is 2.27. The first-order valence-electron chi connectivity index (χ1n) is 12.0. The van der Waals surface area contributed by atoms with Gasteiger partial charge in [-0.25, -0.2) is 0 Å². The molecular formula is C32H42. The summed E-state index contributed by atoms with van der Waals surface area (Å²) in [5.74, 6) is 0. The number of benzene rings is 4. The fourth-order valence-corrected chi connectivity index (χ4v) is 2.91. The van der Waals surface area contributed by atoms with Gasteiger partial charge in [-0.3, -0.25) is 0 Å². The van der Waals surface area contributed by atoms with E-state index in [4.69, 9.17) is 0 Å². The molecule has 0 N–H and O–H groups in total. The van der Waals surface area contributed by atoms with Crippen molar-refractivity contribution in [1.29, 1.82) is 0 Å². The lowest BCUT2D eigenvalue weighted by Gasteiger charge is -2.08.